The maximum atomic E-state index is 10.9. The van der Waals surface area contributed by atoms with Gasteiger partial charge in [-0.25, -0.2) is 9.59 Å². The molecule has 13 heavy (non-hydrogen) atoms. The molecule has 68 valence electrons. The van der Waals surface area contributed by atoms with Crippen molar-refractivity contribution in [3.8, 4) is 0 Å². The molecule has 1 saturated heterocycles. The van der Waals surface area contributed by atoms with Crippen LogP contribution in [0.15, 0.2) is 0 Å². The second-order valence-electron chi connectivity index (χ2n) is 2.53. The van der Waals surface area contributed by atoms with Crippen LogP contribution in [0.4, 0.5) is 0 Å². The van der Waals surface area contributed by atoms with Crippen molar-refractivity contribution >= 4 is 31.7 Å². The molecule has 2 N–H and O–H groups in total. The van der Waals surface area contributed by atoms with Crippen molar-refractivity contribution in [2.45, 2.75) is 0 Å². The lowest BCUT2D eigenvalue weighted by Crippen LogP contribution is -2.72. The quantitative estimate of drug-likeness (QED) is 0.270. The number of nitrogens with zero attached hydrogens (tertiary/aromatic N) is 1. The summed E-state index contributed by atoms with van der Waals surface area (Å²) in [5.41, 5.74) is -2.91. The summed E-state index contributed by atoms with van der Waals surface area (Å²) in [6, 6.07) is 0. The van der Waals surface area contributed by atoms with Crippen LogP contribution in [-0.4, -0.2) is 46.8 Å². The number of hydrogen-bond donors (Lipinski definition) is 2. The van der Waals surface area contributed by atoms with Gasteiger partial charge in [0.1, 0.15) is 0 Å². The highest BCUT2D eigenvalue weighted by Crippen LogP contribution is 2.32. The van der Waals surface area contributed by atoms with Crippen molar-refractivity contribution in [1.29, 1.82) is 0 Å². The van der Waals surface area contributed by atoms with Crippen molar-refractivity contribution in [1.82, 2.24) is 4.81 Å². The van der Waals surface area contributed by atoms with Crippen molar-refractivity contribution in [3.63, 3.8) is 0 Å². The van der Waals surface area contributed by atoms with E-state index in [0.717, 1.165) is 7.98 Å². The summed E-state index contributed by atoms with van der Waals surface area (Å²) in [6.07, 6.45) is 0. The highest BCUT2D eigenvalue weighted by molar-refractivity contribution is 6.51. The van der Waals surface area contributed by atoms with Crippen molar-refractivity contribution < 1.29 is 29.4 Å². The monoisotopic (exact) mass is 185 g/mol. The van der Waals surface area contributed by atoms with Gasteiger partial charge in [-0.1, -0.05) is 0 Å². The Morgan fingerprint density at radius 2 is 1.46 bits per heavy atom. The molecule has 0 spiro atoms. The van der Waals surface area contributed by atoms with Gasteiger partial charge < -0.3 is 15.0 Å². The molecule has 0 unspecified atom stereocenters. The van der Waals surface area contributed by atoms with Crippen LogP contribution >= 0.6 is 0 Å². The molecule has 0 aliphatic carbocycles. The number of aliphatic carboxylic acids is 2. The Bertz CT molecular complexity index is 304. The first-order valence-corrected chi connectivity index (χ1v) is 3.16. The third kappa shape index (κ3) is 0.741. The smallest absolute Gasteiger partial charge is 0.340 e. The standard InChI is InChI=1S/C5H4BNO6/c6-7-1(8)5(2(7)9,3(10)11)4(12)13/h6H2,(H,10,11)(H,12,13). The van der Waals surface area contributed by atoms with Gasteiger partial charge in [0, 0.05) is 0 Å². The van der Waals surface area contributed by atoms with Crippen molar-refractivity contribution in [2.75, 3.05) is 0 Å². The highest BCUT2D eigenvalue weighted by atomic mass is 16.4. The lowest BCUT2D eigenvalue weighted by Gasteiger charge is -2.38. The largest absolute Gasteiger partial charge is 0.480 e. The first-order valence-electron chi connectivity index (χ1n) is 3.16. The van der Waals surface area contributed by atoms with E-state index in [9.17, 15) is 19.2 Å². The minimum atomic E-state index is -2.91. The third-order valence-electron chi connectivity index (χ3n) is 1.89. The van der Waals surface area contributed by atoms with Crippen molar-refractivity contribution in [3.05, 3.63) is 0 Å². The van der Waals surface area contributed by atoms with E-state index in [0.29, 0.717) is 4.81 Å². The average Bonchev–Trinajstić information content (AvgIpc) is 2.03. The van der Waals surface area contributed by atoms with Gasteiger partial charge in [-0.3, -0.25) is 9.59 Å². The predicted octanol–water partition coefficient (Wildman–Crippen LogP) is -2.94. The lowest BCUT2D eigenvalue weighted by molar-refractivity contribution is -0.186. The summed E-state index contributed by atoms with van der Waals surface area (Å²) in [6.45, 7) is 0. The molecule has 0 saturated carbocycles. The lowest BCUT2D eigenvalue weighted by atomic mass is 9.75. The molecule has 0 bridgehead atoms. The number of hydrogen-bond acceptors (Lipinski definition) is 4. The van der Waals surface area contributed by atoms with Gasteiger partial charge in [0.05, 0.1) is 0 Å². The summed E-state index contributed by atoms with van der Waals surface area (Å²) in [7, 11) is 1.02. The van der Waals surface area contributed by atoms with Gasteiger partial charge in [-0.05, 0) is 0 Å². The van der Waals surface area contributed by atoms with E-state index >= 15 is 0 Å². The Morgan fingerprint density at radius 3 is 1.62 bits per heavy atom. The molecular formula is C5H4BNO6. The molecule has 1 heterocycles. The summed E-state index contributed by atoms with van der Waals surface area (Å²) in [5.74, 6) is -6.35. The number of carbonyl (C=O) groups excluding carboxylic acids is 2. The molecule has 1 aliphatic rings. The first-order chi connectivity index (χ1) is 5.86. The van der Waals surface area contributed by atoms with E-state index < -0.39 is 29.2 Å². The highest BCUT2D eigenvalue weighted by Gasteiger charge is 2.71. The number of rotatable bonds is 2. The SMILES string of the molecule is BN1C(=O)C(C(=O)O)(C(=O)O)C1=O. The fourth-order valence-corrected chi connectivity index (χ4v) is 1.09. The van der Waals surface area contributed by atoms with E-state index in [1.807, 2.05) is 0 Å². The Labute approximate surface area is 72.4 Å². The molecule has 1 aliphatic heterocycles. The molecule has 0 atom stereocenters. The second-order valence-corrected chi connectivity index (χ2v) is 2.53. The zero-order chi connectivity index (χ0) is 10.4. The zero-order valence-electron chi connectivity index (χ0n) is 6.47. The predicted molar refractivity (Wildman–Crippen MR) is 38.1 cm³/mol. The van der Waals surface area contributed by atoms with Crippen LogP contribution in [0.5, 0.6) is 0 Å². The van der Waals surface area contributed by atoms with Gasteiger partial charge in [0.15, 0.2) is 0 Å². The maximum Gasteiger partial charge on any atom is 0.340 e. The van der Waals surface area contributed by atoms with Crippen molar-refractivity contribution in [2.24, 2.45) is 5.41 Å². The van der Waals surface area contributed by atoms with E-state index in [4.69, 9.17) is 10.2 Å². The van der Waals surface area contributed by atoms with Gasteiger partial charge in [-0.15, -0.1) is 0 Å². The first kappa shape index (κ1) is 9.23. The molecule has 0 aromatic carbocycles. The van der Waals surface area contributed by atoms with Crippen LogP contribution < -0.4 is 0 Å². The number of amides is 2. The van der Waals surface area contributed by atoms with E-state index in [1.54, 1.807) is 0 Å². The van der Waals surface area contributed by atoms with E-state index in [1.165, 1.54) is 0 Å². The third-order valence-corrected chi connectivity index (χ3v) is 1.89. The summed E-state index contributed by atoms with van der Waals surface area (Å²) in [4.78, 5) is 43.2. The van der Waals surface area contributed by atoms with Crippen LogP contribution in [-0.2, 0) is 19.2 Å². The summed E-state index contributed by atoms with van der Waals surface area (Å²) < 4.78 is 0. The Morgan fingerprint density at radius 1 is 1.15 bits per heavy atom. The molecule has 1 rings (SSSR count). The second kappa shape index (κ2) is 2.31. The molecule has 2 amide bonds. The number of β-lactam (4-membered cyclic amide) rings is 2. The Hall–Kier alpha value is -1.86. The fourth-order valence-electron chi connectivity index (χ4n) is 1.09. The van der Waals surface area contributed by atoms with Gasteiger partial charge in [-0.2, -0.15) is 0 Å². The molecule has 0 aromatic heterocycles. The maximum absolute atomic E-state index is 10.9. The van der Waals surface area contributed by atoms with Gasteiger partial charge >= 0.3 is 17.4 Å². The topological polar surface area (TPSA) is 112 Å². The van der Waals surface area contributed by atoms with E-state index in [2.05, 4.69) is 0 Å². The van der Waals surface area contributed by atoms with Crippen LogP contribution in [0.25, 0.3) is 0 Å². The minimum absolute atomic E-state index is 0.461. The number of carboxylic acid groups (broad SMARTS) is 2. The average molecular weight is 185 g/mol. The summed E-state index contributed by atoms with van der Waals surface area (Å²) in [5, 5.41) is 16.9. The van der Waals surface area contributed by atoms with E-state index in [-0.39, 0.29) is 0 Å². The number of carbonyl (C=O) groups is 4. The number of carboxylic acids is 2. The van der Waals surface area contributed by atoms with Gasteiger partial charge in [0.25, 0.3) is 11.8 Å². The fraction of sp³-hybridized carbons (Fsp3) is 0.200. The molecule has 8 heteroatoms. The molecule has 0 aromatic rings. The zero-order valence-corrected chi connectivity index (χ0v) is 6.47. The van der Waals surface area contributed by atoms with Crippen LogP contribution in [0.2, 0.25) is 0 Å². The Kier molecular flexibility index (Phi) is 1.64. The van der Waals surface area contributed by atoms with Crippen LogP contribution in [0.3, 0.4) is 0 Å². The van der Waals surface area contributed by atoms with Gasteiger partial charge in [0.2, 0.25) is 7.98 Å². The molecular weight excluding hydrogens is 181 g/mol. The normalized spacial score (nSPS) is 19.5. The minimum Gasteiger partial charge on any atom is -0.480 e. The van der Waals surface area contributed by atoms with Crippen LogP contribution in [0, 0.1) is 5.41 Å². The Balaban J connectivity index is 3.24. The van der Waals surface area contributed by atoms with Crippen LogP contribution in [0.1, 0.15) is 0 Å². The number of imide groups is 1. The molecule has 1 fully saturated rings. The molecule has 0 radical (unpaired) electrons. The molecule has 7 nitrogen and oxygen atoms in total. The summed E-state index contributed by atoms with van der Waals surface area (Å²) >= 11 is 0.